The Balaban J connectivity index is 1.65. The zero-order chi connectivity index (χ0) is 16.0. The fraction of sp³-hybridized carbons (Fsp3) is 0.750. The molecule has 0 aromatic carbocycles. The van der Waals surface area contributed by atoms with E-state index in [4.69, 9.17) is 9.47 Å². The first kappa shape index (κ1) is 15.3. The SMILES string of the molecule is CC1(C)CC(CNC(=O)c2cnn3c2OCCC3)C(C)(C)O1. The molecule has 6 heteroatoms. The number of rotatable bonds is 3. The Morgan fingerprint density at radius 1 is 1.45 bits per heavy atom. The predicted molar refractivity (Wildman–Crippen MR) is 82.0 cm³/mol. The Morgan fingerprint density at radius 2 is 2.23 bits per heavy atom. The molecule has 2 aliphatic heterocycles. The Bertz CT molecular complexity index is 577. The number of carbonyl (C=O) groups is 1. The van der Waals surface area contributed by atoms with Crippen LogP contribution in [0, 0.1) is 5.92 Å². The number of fused-ring (bicyclic) bond motifs is 1. The van der Waals surface area contributed by atoms with E-state index >= 15 is 0 Å². The summed E-state index contributed by atoms with van der Waals surface area (Å²) >= 11 is 0. The summed E-state index contributed by atoms with van der Waals surface area (Å²) in [4.78, 5) is 12.4. The first-order chi connectivity index (χ1) is 10.3. The van der Waals surface area contributed by atoms with Crippen molar-refractivity contribution in [2.75, 3.05) is 13.2 Å². The highest BCUT2D eigenvalue weighted by Gasteiger charge is 2.45. The molecule has 22 heavy (non-hydrogen) atoms. The molecule has 122 valence electrons. The Kier molecular flexibility index (Phi) is 3.67. The normalized spacial score (nSPS) is 25.4. The molecule has 2 aliphatic rings. The molecule has 1 unspecified atom stereocenters. The zero-order valence-electron chi connectivity index (χ0n) is 13.8. The molecule has 0 spiro atoms. The molecule has 3 rings (SSSR count). The van der Waals surface area contributed by atoms with Gasteiger partial charge in [-0.15, -0.1) is 0 Å². The molecular formula is C16H25N3O3. The fourth-order valence-corrected chi connectivity index (χ4v) is 3.53. The van der Waals surface area contributed by atoms with E-state index in [2.05, 4.69) is 38.1 Å². The van der Waals surface area contributed by atoms with Gasteiger partial charge in [0.15, 0.2) is 0 Å². The van der Waals surface area contributed by atoms with E-state index in [0.29, 0.717) is 30.5 Å². The minimum Gasteiger partial charge on any atom is -0.477 e. The second-order valence-corrected chi connectivity index (χ2v) is 7.36. The summed E-state index contributed by atoms with van der Waals surface area (Å²) in [5, 5.41) is 7.23. The lowest BCUT2D eigenvalue weighted by atomic mass is 9.87. The third kappa shape index (κ3) is 2.84. The highest BCUT2D eigenvalue weighted by molar-refractivity contribution is 5.96. The van der Waals surface area contributed by atoms with E-state index in [-0.39, 0.29) is 17.1 Å². The molecule has 0 saturated carbocycles. The lowest BCUT2D eigenvalue weighted by Gasteiger charge is -2.27. The second kappa shape index (κ2) is 5.26. The van der Waals surface area contributed by atoms with Crippen LogP contribution in [-0.2, 0) is 11.3 Å². The van der Waals surface area contributed by atoms with Gasteiger partial charge < -0.3 is 14.8 Å². The molecular weight excluding hydrogens is 282 g/mol. The Labute approximate surface area is 131 Å². The van der Waals surface area contributed by atoms with Crippen molar-refractivity contribution in [2.24, 2.45) is 5.92 Å². The van der Waals surface area contributed by atoms with Crippen LogP contribution < -0.4 is 10.1 Å². The third-order valence-electron chi connectivity index (χ3n) is 4.56. The highest BCUT2D eigenvalue weighted by Crippen LogP contribution is 2.41. The average Bonchev–Trinajstić information content (AvgIpc) is 2.93. The van der Waals surface area contributed by atoms with E-state index < -0.39 is 0 Å². The van der Waals surface area contributed by atoms with E-state index in [1.165, 1.54) is 0 Å². The van der Waals surface area contributed by atoms with Crippen LogP contribution in [-0.4, -0.2) is 40.0 Å². The van der Waals surface area contributed by atoms with Crippen molar-refractivity contribution in [3.63, 3.8) is 0 Å². The van der Waals surface area contributed by atoms with Crippen molar-refractivity contribution in [3.05, 3.63) is 11.8 Å². The minimum absolute atomic E-state index is 0.122. The minimum atomic E-state index is -0.230. The van der Waals surface area contributed by atoms with Crippen LogP contribution in [0.5, 0.6) is 5.88 Å². The number of nitrogens with zero attached hydrogens (tertiary/aromatic N) is 2. The fourth-order valence-electron chi connectivity index (χ4n) is 3.53. The molecule has 0 bridgehead atoms. The van der Waals surface area contributed by atoms with Gasteiger partial charge in [0, 0.05) is 25.4 Å². The van der Waals surface area contributed by atoms with E-state index in [1.54, 1.807) is 10.9 Å². The monoisotopic (exact) mass is 307 g/mol. The van der Waals surface area contributed by atoms with Gasteiger partial charge in [-0.1, -0.05) is 0 Å². The maximum atomic E-state index is 12.4. The van der Waals surface area contributed by atoms with Crippen molar-refractivity contribution < 1.29 is 14.3 Å². The lowest BCUT2D eigenvalue weighted by Crippen LogP contribution is -2.38. The molecule has 1 atom stereocenters. The predicted octanol–water partition coefficient (Wildman–Crippen LogP) is 1.99. The highest BCUT2D eigenvalue weighted by atomic mass is 16.5. The molecule has 1 N–H and O–H groups in total. The first-order valence-corrected chi connectivity index (χ1v) is 7.95. The zero-order valence-corrected chi connectivity index (χ0v) is 13.8. The summed E-state index contributed by atoms with van der Waals surface area (Å²) < 4.78 is 13.4. The van der Waals surface area contributed by atoms with Crippen molar-refractivity contribution in [1.82, 2.24) is 15.1 Å². The summed E-state index contributed by atoms with van der Waals surface area (Å²) in [5.41, 5.74) is 0.153. The van der Waals surface area contributed by atoms with Gasteiger partial charge >= 0.3 is 0 Å². The Hall–Kier alpha value is -1.56. The van der Waals surface area contributed by atoms with Crippen LogP contribution in [0.4, 0.5) is 0 Å². The van der Waals surface area contributed by atoms with E-state index in [1.807, 2.05) is 0 Å². The molecule has 1 amide bonds. The maximum absolute atomic E-state index is 12.4. The van der Waals surface area contributed by atoms with Crippen LogP contribution in [0.1, 0.15) is 50.9 Å². The molecule has 3 heterocycles. The number of hydrogen-bond donors (Lipinski definition) is 1. The number of aromatic nitrogens is 2. The van der Waals surface area contributed by atoms with Gasteiger partial charge in [0.05, 0.1) is 24.0 Å². The van der Waals surface area contributed by atoms with Crippen molar-refractivity contribution in [2.45, 2.75) is 58.3 Å². The largest absolute Gasteiger partial charge is 0.477 e. The van der Waals surface area contributed by atoms with Gasteiger partial charge in [-0.05, 0) is 34.1 Å². The average molecular weight is 307 g/mol. The molecule has 1 aromatic heterocycles. The number of carbonyl (C=O) groups excluding carboxylic acids is 1. The van der Waals surface area contributed by atoms with Crippen LogP contribution in [0.25, 0.3) is 0 Å². The van der Waals surface area contributed by atoms with Crippen LogP contribution >= 0.6 is 0 Å². The lowest BCUT2D eigenvalue weighted by molar-refractivity contribution is -0.0740. The number of amides is 1. The first-order valence-electron chi connectivity index (χ1n) is 7.95. The number of ether oxygens (including phenoxy) is 2. The van der Waals surface area contributed by atoms with Gasteiger partial charge in [-0.25, -0.2) is 4.68 Å². The van der Waals surface area contributed by atoms with Gasteiger partial charge in [0.25, 0.3) is 5.91 Å². The molecule has 6 nitrogen and oxygen atoms in total. The topological polar surface area (TPSA) is 65.4 Å². The van der Waals surface area contributed by atoms with Crippen LogP contribution in [0.15, 0.2) is 6.20 Å². The van der Waals surface area contributed by atoms with Crippen LogP contribution in [0.3, 0.4) is 0 Å². The van der Waals surface area contributed by atoms with Gasteiger partial charge in [-0.2, -0.15) is 5.10 Å². The summed E-state index contributed by atoms with van der Waals surface area (Å²) in [6.07, 6.45) is 3.46. The van der Waals surface area contributed by atoms with Crippen molar-refractivity contribution >= 4 is 5.91 Å². The molecule has 0 aliphatic carbocycles. The van der Waals surface area contributed by atoms with Crippen molar-refractivity contribution in [3.8, 4) is 5.88 Å². The molecule has 1 saturated heterocycles. The molecule has 0 radical (unpaired) electrons. The van der Waals surface area contributed by atoms with Gasteiger partial charge in [-0.3, -0.25) is 4.79 Å². The van der Waals surface area contributed by atoms with Crippen LogP contribution in [0.2, 0.25) is 0 Å². The third-order valence-corrected chi connectivity index (χ3v) is 4.56. The van der Waals surface area contributed by atoms with Gasteiger partial charge in [0.1, 0.15) is 5.56 Å². The quantitative estimate of drug-likeness (QED) is 0.927. The smallest absolute Gasteiger partial charge is 0.258 e. The summed E-state index contributed by atoms with van der Waals surface area (Å²) in [7, 11) is 0. The van der Waals surface area contributed by atoms with E-state index in [9.17, 15) is 4.79 Å². The number of nitrogens with one attached hydrogen (secondary N) is 1. The van der Waals surface area contributed by atoms with Crippen molar-refractivity contribution in [1.29, 1.82) is 0 Å². The number of aryl methyl sites for hydroxylation is 1. The van der Waals surface area contributed by atoms with E-state index in [0.717, 1.165) is 19.4 Å². The Morgan fingerprint density at radius 3 is 2.91 bits per heavy atom. The summed E-state index contributed by atoms with van der Waals surface area (Å²) in [6, 6.07) is 0. The second-order valence-electron chi connectivity index (χ2n) is 7.36. The standard InChI is InChI=1S/C16H25N3O3/c1-15(2)8-11(16(3,4)22-15)9-17-13(20)12-10-18-19-6-5-7-21-14(12)19/h10-11H,5-9H2,1-4H3,(H,17,20). The van der Waals surface area contributed by atoms with Gasteiger partial charge in [0.2, 0.25) is 5.88 Å². The molecule has 1 aromatic rings. The summed E-state index contributed by atoms with van der Waals surface area (Å²) in [6.45, 7) is 10.4. The maximum Gasteiger partial charge on any atom is 0.258 e. The summed E-state index contributed by atoms with van der Waals surface area (Å²) in [5.74, 6) is 0.758. The number of hydrogen-bond acceptors (Lipinski definition) is 4. The molecule has 1 fully saturated rings.